The van der Waals surface area contributed by atoms with E-state index in [1.165, 1.54) is 12.8 Å². The van der Waals surface area contributed by atoms with E-state index in [2.05, 4.69) is 26.1 Å². The normalized spacial score (nSPS) is 25.2. The Bertz CT molecular complexity index is 618. The van der Waals surface area contributed by atoms with Crippen molar-refractivity contribution < 1.29 is 14.4 Å². The number of rotatable bonds is 7. The van der Waals surface area contributed by atoms with E-state index in [9.17, 15) is 14.4 Å². The van der Waals surface area contributed by atoms with Crippen molar-refractivity contribution in [1.29, 1.82) is 0 Å². The number of hydrogen-bond acceptors (Lipinski definition) is 4. The molecule has 0 aromatic carbocycles. The summed E-state index contributed by atoms with van der Waals surface area (Å²) >= 11 is 0. The molecule has 3 fully saturated rings. The van der Waals surface area contributed by atoms with Gasteiger partial charge in [0.1, 0.15) is 6.04 Å². The SMILES string of the molecule is CC(C)(C)C[C@@H](C(=O)N1CCC(CC(N)=O)CC1)N1CCN[C@@H](CC2CC2)C1=O. The van der Waals surface area contributed by atoms with Crippen molar-refractivity contribution in [2.45, 2.75) is 77.8 Å². The van der Waals surface area contributed by atoms with E-state index in [-0.39, 0.29) is 35.1 Å². The molecule has 2 heterocycles. The van der Waals surface area contributed by atoms with Crippen LogP contribution in [0, 0.1) is 17.3 Å². The van der Waals surface area contributed by atoms with Crippen molar-refractivity contribution >= 4 is 17.7 Å². The Morgan fingerprint density at radius 2 is 1.76 bits per heavy atom. The molecule has 7 nitrogen and oxygen atoms in total. The summed E-state index contributed by atoms with van der Waals surface area (Å²) in [4.78, 5) is 41.7. The summed E-state index contributed by atoms with van der Waals surface area (Å²) in [6, 6.07) is -0.549. The van der Waals surface area contributed by atoms with E-state index in [1.807, 2.05) is 9.80 Å². The van der Waals surface area contributed by atoms with Crippen LogP contribution in [0.4, 0.5) is 0 Å². The van der Waals surface area contributed by atoms with Crippen LogP contribution in [-0.4, -0.2) is 65.8 Å². The number of piperidine rings is 1. The average Bonchev–Trinajstić information content (AvgIpc) is 3.45. The van der Waals surface area contributed by atoms with E-state index in [0.29, 0.717) is 38.4 Å². The lowest BCUT2D eigenvalue weighted by atomic mass is 9.85. The number of carbonyl (C=O) groups is 3. The summed E-state index contributed by atoms with van der Waals surface area (Å²) < 4.78 is 0. The minimum Gasteiger partial charge on any atom is -0.370 e. The third kappa shape index (κ3) is 6.17. The third-order valence-corrected chi connectivity index (χ3v) is 6.47. The van der Waals surface area contributed by atoms with Crippen molar-refractivity contribution in [2.75, 3.05) is 26.2 Å². The van der Waals surface area contributed by atoms with Crippen molar-refractivity contribution in [3.8, 4) is 0 Å². The Hall–Kier alpha value is -1.63. The van der Waals surface area contributed by atoms with E-state index in [4.69, 9.17) is 5.73 Å². The first-order valence-electron chi connectivity index (χ1n) is 11.2. The number of piperazine rings is 1. The molecule has 164 valence electrons. The fourth-order valence-electron chi connectivity index (χ4n) is 4.70. The molecule has 2 aliphatic heterocycles. The molecule has 0 spiro atoms. The average molecular weight is 407 g/mol. The van der Waals surface area contributed by atoms with E-state index in [1.54, 1.807) is 0 Å². The fraction of sp³-hybridized carbons (Fsp3) is 0.864. The molecule has 7 heteroatoms. The highest BCUT2D eigenvalue weighted by Gasteiger charge is 2.41. The van der Waals surface area contributed by atoms with Crippen molar-refractivity contribution in [1.82, 2.24) is 15.1 Å². The molecular weight excluding hydrogens is 368 g/mol. The predicted octanol–water partition coefficient (Wildman–Crippen LogP) is 1.51. The molecule has 1 saturated carbocycles. The smallest absolute Gasteiger partial charge is 0.245 e. The number of likely N-dealkylation sites (tertiary alicyclic amines) is 1. The van der Waals surface area contributed by atoms with Crippen LogP contribution in [0.2, 0.25) is 0 Å². The third-order valence-electron chi connectivity index (χ3n) is 6.47. The minimum absolute atomic E-state index is 0.0538. The summed E-state index contributed by atoms with van der Waals surface area (Å²) in [5.41, 5.74) is 5.28. The van der Waals surface area contributed by atoms with E-state index in [0.717, 1.165) is 25.8 Å². The first-order chi connectivity index (χ1) is 13.6. The molecule has 2 saturated heterocycles. The van der Waals surface area contributed by atoms with Crippen LogP contribution < -0.4 is 11.1 Å². The van der Waals surface area contributed by atoms with Gasteiger partial charge in [0.05, 0.1) is 6.04 Å². The molecule has 1 aliphatic carbocycles. The van der Waals surface area contributed by atoms with Gasteiger partial charge in [-0.15, -0.1) is 0 Å². The summed E-state index contributed by atoms with van der Waals surface area (Å²) in [6.07, 6.45) is 5.99. The van der Waals surface area contributed by atoms with Crippen LogP contribution in [0.5, 0.6) is 0 Å². The van der Waals surface area contributed by atoms with Crippen LogP contribution in [0.25, 0.3) is 0 Å². The van der Waals surface area contributed by atoms with Gasteiger partial charge in [0.2, 0.25) is 17.7 Å². The first-order valence-corrected chi connectivity index (χ1v) is 11.2. The van der Waals surface area contributed by atoms with Crippen LogP contribution in [0.3, 0.4) is 0 Å². The van der Waals surface area contributed by atoms with Gasteiger partial charge in [0, 0.05) is 32.6 Å². The van der Waals surface area contributed by atoms with Crippen LogP contribution in [-0.2, 0) is 14.4 Å². The topological polar surface area (TPSA) is 95.7 Å². The highest BCUT2D eigenvalue weighted by atomic mass is 16.2. The maximum atomic E-state index is 13.5. The Balaban J connectivity index is 1.68. The highest BCUT2D eigenvalue weighted by molar-refractivity contribution is 5.90. The number of nitrogens with one attached hydrogen (secondary N) is 1. The van der Waals surface area contributed by atoms with Crippen LogP contribution in [0.1, 0.15) is 65.7 Å². The van der Waals surface area contributed by atoms with Crippen LogP contribution >= 0.6 is 0 Å². The second-order valence-corrected chi connectivity index (χ2v) is 10.4. The zero-order valence-electron chi connectivity index (χ0n) is 18.3. The van der Waals surface area contributed by atoms with Crippen molar-refractivity contribution in [2.24, 2.45) is 23.0 Å². The number of nitrogens with zero attached hydrogens (tertiary/aromatic N) is 2. The zero-order valence-corrected chi connectivity index (χ0v) is 18.3. The van der Waals surface area contributed by atoms with Gasteiger partial charge in [0.15, 0.2) is 0 Å². The maximum Gasteiger partial charge on any atom is 0.245 e. The van der Waals surface area contributed by atoms with Gasteiger partial charge in [-0.25, -0.2) is 0 Å². The molecule has 0 radical (unpaired) electrons. The lowest BCUT2D eigenvalue weighted by molar-refractivity contribution is -0.151. The van der Waals surface area contributed by atoms with Crippen molar-refractivity contribution in [3.05, 3.63) is 0 Å². The zero-order chi connectivity index (χ0) is 21.2. The number of hydrogen-bond donors (Lipinski definition) is 2. The van der Waals surface area contributed by atoms with Gasteiger partial charge in [0.25, 0.3) is 0 Å². The fourth-order valence-corrected chi connectivity index (χ4v) is 4.70. The summed E-state index contributed by atoms with van der Waals surface area (Å²) in [5, 5.41) is 3.37. The molecule has 3 rings (SSSR count). The second-order valence-electron chi connectivity index (χ2n) is 10.4. The quantitative estimate of drug-likeness (QED) is 0.670. The van der Waals surface area contributed by atoms with Crippen molar-refractivity contribution in [3.63, 3.8) is 0 Å². The molecule has 0 aromatic rings. The lowest BCUT2D eigenvalue weighted by Gasteiger charge is -2.43. The molecule has 3 amide bonds. The standard InChI is InChI=1S/C22H38N4O3/c1-22(2,3)14-18(21(29)25-9-6-16(7-10-25)13-19(23)27)26-11-8-24-17(20(26)28)12-15-4-5-15/h15-18,24H,4-14H2,1-3H3,(H2,23,27)/t17-,18-/m0/s1. The lowest BCUT2D eigenvalue weighted by Crippen LogP contribution is -2.62. The van der Waals surface area contributed by atoms with Gasteiger partial charge in [-0.3, -0.25) is 14.4 Å². The van der Waals surface area contributed by atoms with Gasteiger partial charge >= 0.3 is 0 Å². The molecule has 29 heavy (non-hydrogen) atoms. The Morgan fingerprint density at radius 1 is 1.10 bits per heavy atom. The molecular formula is C22H38N4O3. The van der Waals surface area contributed by atoms with Gasteiger partial charge in [-0.1, -0.05) is 33.6 Å². The van der Waals surface area contributed by atoms with E-state index < -0.39 is 6.04 Å². The second kappa shape index (κ2) is 9.02. The number of nitrogens with two attached hydrogens (primary N) is 1. The molecule has 3 N–H and O–H groups in total. The summed E-state index contributed by atoms with van der Waals surface area (Å²) in [6.45, 7) is 9.00. The van der Waals surface area contributed by atoms with Gasteiger partial charge < -0.3 is 20.9 Å². The van der Waals surface area contributed by atoms with E-state index >= 15 is 0 Å². The number of primary amides is 1. The van der Waals surface area contributed by atoms with Gasteiger partial charge in [-0.05, 0) is 42.9 Å². The molecule has 3 aliphatic rings. The molecule has 0 aromatic heterocycles. The monoisotopic (exact) mass is 406 g/mol. The predicted molar refractivity (Wildman–Crippen MR) is 112 cm³/mol. The number of carbonyl (C=O) groups excluding carboxylic acids is 3. The maximum absolute atomic E-state index is 13.5. The Labute approximate surface area is 174 Å². The summed E-state index contributed by atoms with van der Waals surface area (Å²) in [5.74, 6) is 0.819. The molecule has 2 atom stereocenters. The molecule has 0 bridgehead atoms. The van der Waals surface area contributed by atoms with Gasteiger partial charge in [-0.2, -0.15) is 0 Å². The Morgan fingerprint density at radius 3 is 2.31 bits per heavy atom. The van der Waals surface area contributed by atoms with Crippen LogP contribution in [0.15, 0.2) is 0 Å². The minimum atomic E-state index is -0.404. The largest absolute Gasteiger partial charge is 0.370 e. The highest BCUT2D eigenvalue weighted by Crippen LogP contribution is 2.35. The Kier molecular flexibility index (Phi) is 6.87. The molecule has 0 unspecified atom stereocenters. The first kappa shape index (κ1) is 22.1. The number of amides is 3. The summed E-state index contributed by atoms with van der Waals surface area (Å²) in [7, 11) is 0.